The van der Waals surface area contributed by atoms with Gasteiger partial charge in [-0.3, -0.25) is 14.9 Å². The molecule has 0 bridgehead atoms. The Morgan fingerprint density at radius 2 is 2.29 bits per heavy atom. The van der Waals surface area contributed by atoms with Crippen molar-refractivity contribution >= 4 is 17.4 Å². The van der Waals surface area contributed by atoms with Gasteiger partial charge in [0.15, 0.2) is 0 Å². The van der Waals surface area contributed by atoms with Crippen LogP contribution in [0.2, 0.25) is 0 Å². The number of nitrogens with two attached hydrogens (primary N) is 1. The number of hydrogen-bond donors (Lipinski definition) is 2. The number of amides is 1. The summed E-state index contributed by atoms with van der Waals surface area (Å²) < 4.78 is 5.37. The molecule has 0 spiro atoms. The van der Waals surface area contributed by atoms with E-state index in [1.165, 1.54) is 0 Å². The average Bonchev–Trinajstić information content (AvgIpc) is 2.98. The predicted molar refractivity (Wildman–Crippen MR) is 87.1 cm³/mol. The van der Waals surface area contributed by atoms with Crippen molar-refractivity contribution in [3.63, 3.8) is 0 Å². The maximum absolute atomic E-state index is 11.6. The number of primary amides is 1. The van der Waals surface area contributed by atoms with Crippen molar-refractivity contribution in [3.8, 4) is 5.75 Å². The van der Waals surface area contributed by atoms with E-state index in [1.54, 1.807) is 7.11 Å². The van der Waals surface area contributed by atoms with Crippen molar-refractivity contribution in [1.82, 2.24) is 4.98 Å². The van der Waals surface area contributed by atoms with Crippen molar-refractivity contribution in [3.05, 3.63) is 57.3 Å². The highest BCUT2D eigenvalue weighted by atomic mass is 16.6. The summed E-state index contributed by atoms with van der Waals surface area (Å²) in [6.07, 6.45) is 2.73. The maximum Gasteiger partial charge on any atom is 0.288 e. The Labute approximate surface area is 137 Å². The molecule has 2 aromatic rings. The van der Waals surface area contributed by atoms with Gasteiger partial charge in [0, 0.05) is 6.07 Å². The van der Waals surface area contributed by atoms with Crippen LogP contribution in [0.25, 0.3) is 0 Å². The first-order valence-corrected chi connectivity index (χ1v) is 7.37. The third-order valence-electron chi connectivity index (χ3n) is 4.11. The highest BCUT2D eigenvalue weighted by molar-refractivity contribution is 5.98. The van der Waals surface area contributed by atoms with Crippen LogP contribution in [0.3, 0.4) is 0 Å². The molecule has 24 heavy (non-hydrogen) atoms. The minimum absolute atomic E-state index is 0.000506. The number of benzene rings is 1. The van der Waals surface area contributed by atoms with E-state index in [-0.39, 0.29) is 23.1 Å². The van der Waals surface area contributed by atoms with E-state index < -0.39 is 10.8 Å². The molecule has 1 heterocycles. The van der Waals surface area contributed by atoms with Crippen LogP contribution < -0.4 is 15.8 Å². The molecular formula is C16H16N4O4. The highest BCUT2D eigenvalue weighted by Gasteiger charge is 2.27. The van der Waals surface area contributed by atoms with Crippen LogP contribution in [0.15, 0.2) is 30.5 Å². The molecule has 0 fully saturated rings. The molecule has 1 atom stereocenters. The second-order valence-electron chi connectivity index (χ2n) is 5.47. The van der Waals surface area contributed by atoms with Crippen molar-refractivity contribution < 1.29 is 14.5 Å². The number of nitrogens with one attached hydrogen (secondary N) is 1. The number of aromatic nitrogens is 1. The van der Waals surface area contributed by atoms with Crippen LogP contribution in [0.1, 0.15) is 33.9 Å². The average molecular weight is 328 g/mol. The fourth-order valence-corrected chi connectivity index (χ4v) is 2.98. The van der Waals surface area contributed by atoms with Gasteiger partial charge in [0.05, 0.1) is 23.6 Å². The van der Waals surface area contributed by atoms with Gasteiger partial charge in [-0.2, -0.15) is 0 Å². The lowest BCUT2D eigenvalue weighted by Gasteiger charge is -2.17. The lowest BCUT2D eigenvalue weighted by Crippen LogP contribution is -2.17. The number of hydrogen-bond acceptors (Lipinski definition) is 6. The smallest absolute Gasteiger partial charge is 0.288 e. The summed E-state index contributed by atoms with van der Waals surface area (Å²) in [7, 11) is 1.62. The summed E-state index contributed by atoms with van der Waals surface area (Å²) >= 11 is 0. The molecule has 124 valence electrons. The number of nitro groups is 1. The van der Waals surface area contributed by atoms with E-state index in [0.717, 1.165) is 42.0 Å². The molecule has 8 nitrogen and oxygen atoms in total. The van der Waals surface area contributed by atoms with Gasteiger partial charge in [-0.15, -0.1) is 0 Å². The number of pyridine rings is 1. The third-order valence-corrected chi connectivity index (χ3v) is 4.11. The molecule has 8 heteroatoms. The summed E-state index contributed by atoms with van der Waals surface area (Å²) in [6, 6.07) is 6.86. The lowest BCUT2D eigenvalue weighted by atomic mass is 10.1. The molecule has 1 aromatic heterocycles. The predicted octanol–water partition coefficient (Wildman–Crippen LogP) is 2.20. The van der Waals surface area contributed by atoms with E-state index in [4.69, 9.17) is 10.5 Å². The number of rotatable bonds is 5. The summed E-state index contributed by atoms with van der Waals surface area (Å²) in [6.45, 7) is 0. The first-order valence-electron chi connectivity index (χ1n) is 7.37. The third kappa shape index (κ3) is 2.73. The van der Waals surface area contributed by atoms with E-state index in [1.807, 2.05) is 18.2 Å². The highest BCUT2D eigenvalue weighted by Crippen LogP contribution is 2.38. The fraction of sp³-hybridized carbons (Fsp3) is 0.250. The fourth-order valence-electron chi connectivity index (χ4n) is 2.98. The Hall–Kier alpha value is -3.16. The topological polar surface area (TPSA) is 120 Å². The van der Waals surface area contributed by atoms with Gasteiger partial charge in [0.1, 0.15) is 17.8 Å². The van der Waals surface area contributed by atoms with E-state index >= 15 is 0 Å². The van der Waals surface area contributed by atoms with Gasteiger partial charge >= 0.3 is 0 Å². The van der Waals surface area contributed by atoms with Gasteiger partial charge < -0.3 is 15.8 Å². The quantitative estimate of drug-likeness (QED) is 0.641. The Kier molecular flexibility index (Phi) is 4.03. The van der Waals surface area contributed by atoms with Crippen LogP contribution in [-0.2, 0) is 6.42 Å². The molecule has 1 aliphatic rings. The minimum Gasteiger partial charge on any atom is -0.496 e. The van der Waals surface area contributed by atoms with Gasteiger partial charge in [-0.1, -0.05) is 12.1 Å². The van der Waals surface area contributed by atoms with Gasteiger partial charge in [-0.25, -0.2) is 4.98 Å². The van der Waals surface area contributed by atoms with Crippen molar-refractivity contribution in [1.29, 1.82) is 0 Å². The van der Waals surface area contributed by atoms with Crippen LogP contribution in [0.4, 0.5) is 11.5 Å². The van der Waals surface area contributed by atoms with Crippen LogP contribution in [0, 0.1) is 10.1 Å². The second kappa shape index (κ2) is 6.15. The Balaban J connectivity index is 1.94. The van der Waals surface area contributed by atoms with Crippen LogP contribution in [0.5, 0.6) is 5.75 Å². The first-order chi connectivity index (χ1) is 11.5. The van der Waals surface area contributed by atoms with E-state index in [2.05, 4.69) is 10.3 Å². The molecule has 1 aromatic carbocycles. The lowest BCUT2D eigenvalue weighted by molar-refractivity contribution is -0.385. The molecule has 1 unspecified atom stereocenters. The zero-order valence-electron chi connectivity index (χ0n) is 13.0. The number of carbonyl (C=O) groups excluding carboxylic acids is 1. The summed E-state index contributed by atoms with van der Waals surface area (Å²) in [5, 5.41) is 14.0. The van der Waals surface area contributed by atoms with Crippen LogP contribution in [-0.4, -0.2) is 22.9 Å². The van der Waals surface area contributed by atoms with E-state index in [0.29, 0.717) is 0 Å². The van der Waals surface area contributed by atoms with Gasteiger partial charge in [0.25, 0.3) is 11.6 Å². The zero-order chi connectivity index (χ0) is 17.3. The number of methoxy groups -OCH3 is 1. The summed E-state index contributed by atoms with van der Waals surface area (Å²) in [5.41, 5.74) is 7.23. The van der Waals surface area contributed by atoms with E-state index in [9.17, 15) is 14.9 Å². The molecule has 3 N–H and O–H groups in total. The molecule has 0 saturated heterocycles. The zero-order valence-corrected chi connectivity index (χ0v) is 13.0. The summed E-state index contributed by atoms with van der Waals surface area (Å²) in [4.78, 5) is 25.9. The molecule has 3 rings (SSSR count). The SMILES string of the molecule is COc1cccc2c1CCC2Nc1ncc([N+](=O)[O-])cc1C(N)=O. The molecule has 0 saturated carbocycles. The normalized spacial score (nSPS) is 15.6. The number of nitrogens with zero attached hydrogens (tertiary/aromatic N) is 2. The second-order valence-corrected chi connectivity index (χ2v) is 5.47. The Bertz CT molecular complexity index is 822. The molecule has 0 radical (unpaired) electrons. The maximum atomic E-state index is 11.6. The Morgan fingerprint density at radius 1 is 1.50 bits per heavy atom. The number of anilines is 1. The standard InChI is InChI=1S/C16H16N4O4/c1-24-14-4-2-3-10-11(14)5-6-13(10)19-16-12(15(17)21)7-9(8-18-16)20(22)23/h2-4,7-8,13H,5-6H2,1H3,(H2,17,21)(H,18,19). The molecule has 1 amide bonds. The van der Waals surface area contributed by atoms with Crippen molar-refractivity contribution in [2.24, 2.45) is 5.73 Å². The number of ether oxygens (including phenoxy) is 1. The number of carbonyl (C=O) groups is 1. The molecule has 0 aliphatic heterocycles. The largest absolute Gasteiger partial charge is 0.496 e. The Morgan fingerprint density at radius 3 is 2.96 bits per heavy atom. The van der Waals surface area contributed by atoms with Crippen molar-refractivity contribution in [2.45, 2.75) is 18.9 Å². The number of fused-ring (bicyclic) bond motifs is 1. The monoisotopic (exact) mass is 328 g/mol. The minimum atomic E-state index is -0.766. The molecular weight excluding hydrogens is 312 g/mol. The van der Waals surface area contributed by atoms with Gasteiger partial charge in [-0.05, 0) is 30.0 Å². The van der Waals surface area contributed by atoms with Crippen molar-refractivity contribution in [2.75, 3.05) is 12.4 Å². The first kappa shape index (κ1) is 15.7. The molecule has 1 aliphatic carbocycles. The van der Waals surface area contributed by atoms with Gasteiger partial charge in [0.2, 0.25) is 0 Å². The summed E-state index contributed by atoms with van der Waals surface area (Å²) in [5.74, 6) is 0.301. The van der Waals surface area contributed by atoms with Crippen LogP contribution >= 0.6 is 0 Å².